The number of ether oxygens (including phenoxy) is 1. The molecule has 0 N–H and O–H groups in total. The van der Waals surface area contributed by atoms with Crippen molar-refractivity contribution in [1.82, 2.24) is 24.9 Å². The van der Waals surface area contributed by atoms with Gasteiger partial charge in [0.1, 0.15) is 6.61 Å². The number of alkyl halides is 3. The third-order valence-corrected chi connectivity index (χ3v) is 5.61. The number of rotatable bonds is 5. The van der Waals surface area contributed by atoms with Crippen LogP contribution in [0.1, 0.15) is 35.7 Å². The van der Waals surface area contributed by atoms with Crippen molar-refractivity contribution in [1.29, 1.82) is 0 Å². The lowest BCUT2D eigenvalue weighted by atomic mass is 9.90. The maximum absolute atomic E-state index is 13.5. The van der Waals surface area contributed by atoms with Gasteiger partial charge in [0.05, 0.1) is 35.2 Å². The molecule has 1 aliphatic heterocycles. The number of carbonyl (C=O) groups excluding carboxylic acids is 1. The second-order valence-electron chi connectivity index (χ2n) is 7.71. The summed E-state index contributed by atoms with van der Waals surface area (Å²) in [5.74, 6) is 0.0693. The fourth-order valence-corrected chi connectivity index (χ4v) is 3.88. The standard InChI is InChI=1S/C22H22F3N5O2/c1-15-5-4-12-29(19(15)14-32-20-9-8-16(13-26-20)22(23,24)25)21(31)17-6-2-3-7-18(17)30-27-10-11-28-30/h2-3,6-11,13,15,19H,4-5,12,14H2,1H3/t15-,19-/m1/s1. The van der Waals surface area contributed by atoms with Crippen molar-refractivity contribution in [2.75, 3.05) is 13.2 Å². The van der Waals surface area contributed by atoms with Gasteiger partial charge in [-0.15, -0.1) is 0 Å². The van der Waals surface area contributed by atoms with Crippen molar-refractivity contribution >= 4 is 5.91 Å². The highest BCUT2D eigenvalue weighted by molar-refractivity contribution is 5.98. The van der Waals surface area contributed by atoms with Crippen molar-refractivity contribution in [3.8, 4) is 11.6 Å². The summed E-state index contributed by atoms with van der Waals surface area (Å²) < 4.78 is 43.9. The molecule has 32 heavy (non-hydrogen) atoms. The van der Waals surface area contributed by atoms with E-state index in [-0.39, 0.29) is 30.4 Å². The average molecular weight is 445 g/mol. The first-order valence-electron chi connectivity index (χ1n) is 10.3. The minimum atomic E-state index is -4.45. The van der Waals surface area contributed by atoms with Crippen LogP contribution in [0.5, 0.6) is 5.88 Å². The summed E-state index contributed by atoms with van der Waals surface area (Å²) in [6, 6.07) is 8.98. The summed E-state index contributed by atoms with van der Waals surface area (Å²) in [5, 5.41) is 8.26. The number of carbonyl (C=O) groups is 1. The van der Waals surface area contributed by atoms with Crippen LogP contribution in [-0.2, 0) is 6.18 Å². The molecule has 0 saturated carbocycles. The number of likely N-dealkylation sites (tertiary alicyclic amines) is 1. The molecule has 0 aliphatic carbocycles. The van der Waals surface area contributed by atoms with Gasteiger partial charge in [0.2, 0.25) is 5.88 Å². The van der Waals surface area contributed by atoms with E-state index >= 15 is 0 Å². The number of hydrogen-bond donors (Lipinski definition) is 0. The van der Waals surface area contributed by atoms with Crippen molar-refractivity contribution in [3.63, 3.8) is 0 Å². The van der Waals surface area contributed by atoms with E-state index in [0.29, 0.717) is 17.8 Å². The first kappa shape index (κ1) is 21.8. The van der Waals surface area contributed by atoms with E-state index in [4.69, 9.17) is 4.74 Å². The third kappa shape index (κ3) is 4.58. The Balaban J connectivity index is 1.53. The number of para-hydroxylation sites is 1. The summed E-state index contributed by atoms with van der Waals surface area (Å²) in [7, 11) is 0. The van der Waals surface area contributed by atoms with Crippen molar-refractivity contribution in [3.05, 3.63) is 66.1 Å². The SMILES string of the molecule is C[C@@H]1CCCN(C(=O)c2ccccc2-n2nccn2)[C@@H]1COc1ccc(C(F)(F)F)cn1. The number of aromatic nitrogens is 4. The minimum Gasteiger partial charge on any atom is -0.475 e. The molecule has 10 heteroatoms. The molecular formula is C22H22F3N5O2. The molecule has 1 amide bonds. The van der Waals surface area contributed by atoms with Crippen LogP contribution in [0.2, 0.25) is 0 Å². The summed E-state index contributed by atoms with van der Waals surface area (Å²) >= 11 is 0. The second-order valence-corrected chi connectivity index (χ2v) is 7.71. The van der Waals surface area contributed by atoms with E-state index < -0.39 is 11.7 Å². The highest BCUT2D eigenvalue weighted by atomic mass is 19.4. The molecule has 1 aliphatic rings. The third-order valence-electron chi connectivity index (χ3n) is 5.61. The molecule has 0 bridgehead atoms. The Morgan fingerprint density at radius 1 is 1.16 bits per heavy atom. The second kappa shape index (κ2) is 8.97. The van der Waals surface area contributed by atoms with Gasteiger partial charge >= 0.3 is 6.18 Å². The molecule has 2 aromatic heterocycles. The molecule has 1 aromatic carbocycles. The topological polar surface area (TPSA) is 73.1 Å². The summed E-state index contributed by atoms with van der Waals surface area (Å²) in [6.45, 7) is 2.72. The Morgan fingerprint density at radius 2 is 1.91 bits per heavy atom. The quantitative estimate of drug-likeness (QED) is 0.594. The number of pyridine rings is 1. The van der Waals surface area contributed by atoms with Gasteiger partial charge in [-0.2, -0.15) is 28.2 Å². The number of nitrogens with zero attached hydrogens (tertiary/aromatic N) is 5. The molecule has 1 fully saturated rings. The molecule has 7 nitrogen and oxygen atoms in total. The van der Waals surface area contributed by atoms with Gasteiger partial charge in [-0.25, -0.2) is 4.98 Å². The molecule has 168 valence electrons. The predicted octanol–water partition coefficient (Wildman–Crippen LogP) is 4.00. The number of halogens is 3. The van der Waals surface area contributed by atoms with Gasteiger partial charge in [-0.3, -0.25) is 4.79 Å². The van der Waals surface area contributed by atoms with Gasteiger partial charge in [0.15, 0.2) is 0 Å². The molecule has 1 saturated heterocycles. The largest absolute Gasteiger partial charge is 0.475 e. The van der Waals surface area contributed by atoms with Crippen LogP contribution in [0.25, 0.3) is 5.69 Å². The molecule has 4 rings (SSSR count). The fourth-order valence-electron chi connectivity index (χ4n) is 3.88. The number of benzene rings is 1. The maximum atomic E-state index is 13.5. The van der Waals surface area contributed by atoms with E-state index in [0.717, 1.165) is 25.1 Å². The molecular weight excluding hydrogens is 423 g/mol. The zero-order chi connectivity index (χ0) is 22.7. The first-order chi connectivity index (χ1) is 15.3. The zero-order valence-corrected chi connectivity index (χ0v) is 17.4. The smallest absolute Gasteiger partial charge is 0.417 e. The lowest BCUT2D eigenvalue weighted by Gasteiger charge is -2.40. The van der Waals surface area contributed by atoms with Gasteiger partial charge < -0.3 is 9.64 Å². The molecule has 2 atom stereocenters. The van der Waals surface area contributed by atoms with Gasteiger partial charge in [0.25, 0.3) is 5.91 Å². The Bertz CT molecular complexity index is 1050. The summed E-state index contributed by atoms with van der Waals surface area (Å²) in [4.78, 5) is 20.4. The lowest BCUT2D eigenvalue weighted by molar-refractivity contribution is -0.137. The molecule has 0 unspecified atom stereocenters. The van der Waals surface area contributed by atoms with Crippen LogP contribution in [0, 0.1) is 5.92 Å². The Labute approximate surface area is 182 Å². The highest BCUT2D eigenvalue weighted by Crippen LogP contribution is 2.30. The maximum Gasteiger partial charge on any atom is 0.417 e. The first-order valence-corrected chi connectivity index (χ1v) is 10.3. The number of amides is 1. The van der Waals surface area contributed by atoms with E-state index in [2.05, 4.69) is 15.2 Å². The van der Waals surface area contributed by atoms with E-state index in [1.807, 2.05) is 13.0 Å². The number of piperidine rings is 1. The summed E-state index contributed by atoms with van der Waals surface area (Å²) in [5.41, 5.74) is 0.205. The lowest BCUT2D eigenvalue weighted by Crippen LogP contribution is -2.50. The predicted molar refractivity (Wildman–Crippen MR) is 109 cm³/mol. The van der Waals surface area contributed by atoms with Crippen LogP contribution in [-0.4, -0.2) is 50.0 Å². The minimum absolute atomic E-state index is 0.0873. The van der Waals surface area contributed by atoms with Gasteiger partial charge in [-0.05, 0) is 37.0 Å². The monoisotopic (exact) mass is 445 g/mol. The van der Waals surface area contributed by atoms with Crippen LogP contribution >= 0.6 is 0 Å². The Morgan fingerprint density at radius 3 is 2.59 bits per heavy atom. The Kier molecular flexibility index (Phi) is 6.11. The highest BCUT2D eigenvalue weighted by Gasteiger charge is 2.34. The van der Waals surface area contributed by atoms with Crippen molar-refractivity contribution in [2.45, 2.75) is 32.0 Å². The van der Waals surface area contributed by atoms with E-state index in [1.54, 1.807) is 23.1 Å². The molecule has 3 heterocycles. The molecule has 0 spiro atoms. The van der Waals surface area contributed by atoms with E-state index in [9.17, 15) is 18.0 Å². The van der Waals surface area contributed by atoms with Crippen LogP contribution in [0.15, 0.2) is 55.0 Å². The number of hydrogen-bond acceptors (Lipinski definition) is 5. The van der Waals surface area contributed by atoms with E-state index in [1.165, 1.54) is 23.3 Å². The Hall–Kier alpha value is -3.43. The van der Waals surface area contributed by atoms with Crippen LogP contribution < -0.4 is 4.74 Å². The van der Waals surface area contributed by atoms with Crippen molar-refractivity contribution in [2.24, 2.45) is 5.92 Å². The molecule has 0 radical (unpaired) electrons. The zero-order valence-electron chi connectivity index (χ0n) is 17.4. The summed E-state index contributed by atoms with van der Waals surface area (Å²) in [6.07, 6.45) is 1.14. The van der Waals surface area contributed by atoms with Crippen LogP contribution in [0.3, 0.4) is 0 Å². The average Bonchev–Trinajstić information content (AvgIpc) is 3.32. The normalized spacial score (nSPS) is 19.1. The van der Waals surface area contributed by atoms with Crippen LogP contribution in [0.4, 0.5) is 13.2 Å². The molecule has 3 aromatic rings. The van der Waals surface area contributed by atoms with Gasteiger partial charge in [0, 0.05) is 18.8 Å². The van der Waals surface area contributed by atoms with Crippen molar-refractivity contribution < 1.29 is 22.7 Å². The van der Waals surface area contributed by atoms with Gasteiger partial charge in [-0.1, -0.05) is 19.1 Å². The fraction of sp³-hybridized carbons (Fsp3) is 0.364.